The van der Waals surface area contributed by atoms with Crippen molar-refractivity contribution < 1.29 is 4.42 Å². The quantitative estimate of drug-likeness (QED) is 0.177. The Morgan fingerprint density at radius 2 is 0.983 bits per heavy atom. The van der Waals surface area contributed by atoms with E-state index in [-0.39, 0.29) is 5.41 Å². The van der Waals surface area contributed by atoms with Crippen LogP contribution in [0.2, 0.25) is 0 Å². The number of furan rings is 1. The number of rotatable bonds is 3. The molecule has 0 unspecified atom stereocenters. The molecule has 12 aromatic rings. The molecule has 0 bridgehead atoms. The molecule has 272 valence electrons. The molecule has 0 aliphatic heterocycles. The van der Waals surface area contributed by atoms with Gasteiger partial charge in [-0.3, -0.25) is 0 Å². The first kappa shape index (κ1) is 31.8. The molecule has 1 aliphatic rings. The Balaban J connectivity index is 1.000. The van der Waals surface area contributed by atoms with Crippen LogP contribution in [0.15, 0.2) is 186 Å². The third kappa shape index (κ3) is 4.23. The van der Waals surface area contributed by atoms with Gasteiger partial charge in [0.05, 0.1) is 22.1 Å². The molecule has 0 spiro atoms. The van der Waals surface area contributed by atoms with Crippen LogP contribution >= 0.6 is 0 Å². The highest BCUT2D eigenvalue weighted by Crippen LogP contribution is 2.51. The van der Waals surface area contributed by atoms with Crippen molar-refractivity contribution >= 4 is 76.3 Å². The lowest BCUT2D eigenvalue weighted by Crippen LogP contribution is -2.23. The SMILES string of the molecule is CC1(C)c2cc3c(cc2-c2cccc4cccc1c24)c1ccccc1n3-c1ccc2oc3ccc(-c4ccc5c(c4)c4ccccc4n5-c4ccccc4)cc3c2c1. The van der Waals surface area contributed by atoms with Crippen molar-refractivity contribution in [2.45, 2.75) is 19.3 Å². The number of para-hydroxylation sites is 3. The Bertz CT molecular complexity index is 3700. The van der Waals surface area contributed by atoms with Crippen LogP contribution in [0.3, 0.4) is 0 Å². The normalized spacial score (nSPS) is 13.5. The highest BCUT2D eigenvalue weighted by molar-refractivity contribution is 6.15. The van der Waals surface area contributed by atoms with Crippen molar-refractivity contribution in [3.63, 3.8) is 0 Å². The van der Waals surface area contributed by atoms with Crippen LogP contribution in [0.1, 0.15) is 25.0 Å². The van der Waals surface area contributed by atoms with Crippen LogP contribution in [0.4, 0.5) is 0 Å². The second kappa shape index (κ2) is 11.4. The zero-order valence-electron chi connectivity index (χ0n) is 32.1. The van der Waals surface area contributed by atoms with E-state index in [1.54, 1.807) is 0 Å². The van der Waals surface area contributed by atoms with Crippen molar-refractivity contribution in [1.29, 1.82) is 0 Å². The van der Waals surface area contributed by atoms with Gasteiger partial charge in [0.2, 0.25) is 0 Å². The Hall–Kier alpha value is -7.36. The van der Waals surface area contributed by atoms with E-state index in [0.29, 0.717) is 0 Å². The van der Waals surface area contributed by atoms with E-state index < -0.39 is 0 Å². The molecular formula is C55H36N2O. The van der Waals surface area contributed by atoms with E-state index in [2.05, 4.69) is 205 Å². The van der Waals surface area contributed by atoms with Gasteiger partial charge in [0.1, 0.15) is 11.2 Å². The summed E-state index contributed by atoms with van der Waals surface area (Å²) in [7, 11) is 0. The van der Waals surface area contributed by atoms with Gasteiger partial charge in [0, 0.05) is 49.1 Å². The summed E-state index contributed by atoms with van der Waals surface area (Å²) in [6, 6.07) is 66.9. The average molecular weight is 741 g/mol. The lowest BCUT2D eigenvalue weighted by atomic mass is 9.68. The fourth-order valence-corrected chi connectivity index (χ4v) is 10.4. The molecule has 1 aliphatic carbocycles. The smallest absolute Gasteiger partial charge is 0.135 e. The number of fused-ring (bicyclic) bond motifs is 11. The Morgan fingerprint density at radius 1 is 0.379 bits per heavy atom. The van der Waals surface area contributed by atoms with E-state index in [0.717, 1.165) is 27.6 Å². The third-order valence-corrected chi connectivity index (χ3v) is 13.1. The van der Waals surface area contributed by atoms with E-state index in [1.165, 1.54) is 93.5 Å². The summed E-state index contributed by atoms with van der Waals surface area (Å²) in [6.07, 6.45) is 0. The third-order valence-electron chi connectivity index (χ3n) is 13.1. The van der Waals surface area contributed by atoms with E-state index in [9.17, 15) is 0 Å². The maximum absolute atomic E-state index is 6.52. The van der Waals surface area contributed by atoms with Crippen molar-refractivity contribution in [3.8, 4) is 33.6 Å². The van der Waals surface area contributed by atoms with Gasteiger partial charge in [-0.1, -0.05) is 117 Å². The highest BCUT2D eigenvalue weighted by Gasteiger charge is 2.34. The maximum Gasteiger partial charge on any atom is 0.135 e. The predicted molar refractivity (Wildman–Crippen MR) is 243 cm³/mol. The minimum atomic E-state index is -0.167. The van der Waals surface area contributed by atoms with Gasteiger partial charge in [-0.25, -0.2) is 0 Å². The minimum Gasteiger partial charge on any atom is -0.456 e. The first-order valence-electron chi connectivity index (χ1n) is 20.2. The van der Waals surface area contributed by atoms with E-state index in [1.807, 2.05) is 0 Å². The fourth-order valence-electron chi connectivity index (χ4n) is 10.4. The average Bonchev–Trinajstić information content (AvgIpc) is 3.92. The van der Waals surface area contributed by atoms with E-state index >= 15 is 0 Å². The molecule has 0 saturated carbocycles. The summed E-state index contributed by atoms with van der Waals surface area (Å²) >= 11 is 0. The minimum absolute atomic E-state index is 0.167. The van der Waals surface area contributed by atoms with Gasteiger partial charge < -0.3 is 13.6 Å². The van der Waals surface area contributed by atoms with Crippen molar-refractivity contribution in [1.82, 2.24) is 9.13 Å². The summed E-state index contributed by atoms with van der Waals surface area (Å²) in [4.78, 5) is 0. The summed E-state index contributed by atoms with van der Waals surface area (Å²) in [5.74, 6) is 0. The van der Waals surface area contributed by atoms with Gasteiger partial charge in [-0.2, -0.15) is 0 Å². The lowest BCUT2D eigenvalue weighted by Gasteiger charge is -2.35. The lowest BCUT2D eigenvalue weighted by molar-refractivity contribution is 0.646. The molecule has 0 saturated heterocycles. The largest absolute Gasteiger partial charge is 0.456 e. The van der Waals surface area contributed by atoms with Gasteiger partial charge in [0.15, 0.2) is 0 Å². The second-order valence-corrected chi connectivity index (χ2v) is 16.5. The first-order chi connectivity index (χ1) is 28.5. The monoisotopic (exact) mass is 740 g/mol. The predicted octanol–water partition coefficient (Wildman–Crippen LogP) is 14.9. The molecule has 58 heavy (non-hydrogen) atoms. The van der Waals surface area contributed by atoms with Crippen LogP contribution in [-0.4, -0.2) is 9.13 Å². The topological polar surface area (TPSA) is 23.0 Å². The van der Waals surface area contributed by atoms with Crippen molar-refractivity contribution in [2.75, 3.05) is 0 Å². The van der Waals surface area contributed by atoms with Gasteiger partial charge in [0.25, 0.3) is 0 Å². The van der Waals surface area contributed by atoms with Crippen LogP contribution < -0.4 is 0 Å². The number of hydrogen-bond donors (Lipinski definition) is 0. The van der Waals surface area contributed by atoms with Crippen LogP contribution in [0.25, 0.3) is 110 Å². The molecule has 0 atom stereocenters. The first-order valence-corrected chi connectivity index (χ1v) is 20.2. The number of benzene rings is 9. The van der Waals surface area contributed by atoms with Crippen LogP contribution in [-0.2, 0) is 5.41 Å². The zero-order valence-corrected chi connectivity index (χ0v) is 32.1. The Kier molecular flexibility index (Phi) is 6.23. The number of aromatic nitrogens is 2. The molecule has 13 rings (SSSR count). The highest BCUT2D eigenvalue weighted by atomic mass is 16.3. The molecule has 9 aromatic carbocycles. The number of nitrogens with zero attached hydrogens (tertiary/aromatic N) is 2. The Morgan fingerprint density at radius 3 is 1.76 bits per heavy atom. The Labute approximate surface area is 334 Å². The van der Waals surface area contributed by atoms with E-state index in [4.69, 9.17) is 4.42 Å². The molecule has 0 N–H and O–H groups in total. The molecular weight excluding hydrogens is 705 g/mol. The standard InChI is InChI=1S/C55H36N2O/c1-55(2)46-19-11-13-33-12-10-18-40(54(33)46)41-31-43-39-17-7-9-21-49(39)57(51(43)32-47(41)55)37-24-27-53-45(30-37)44-29-35(23-26-52(44)58-53)34-22-25-50-42(28-34)38-16-6-8-20-48(38)56(50)36-14-4-3-5-15-36/h3-32H,1-2H3. The van der Waals surface area contributed by atoms with Crippen LogP contribution in [0, 0.1) is 0 Å². The molecule has 0 fully saturated rings. The summed E-state index contributed by atoms with van der Waals surface area (Å²) in [5.41, 5.74) is 16.5. The zero-order chi connectivity index (χ0) is 38.3. The van der Waals surface area contributed by atoms with Crippen molar-refractivity contribution in [3.05, 3.63) is 193 Å². The summed E-state index contributed by atoms with van der Waals surface area (Å²) < 4.78 is 11.3. The van der Waals surface area contributed by atoms with Crippen molar-refractivity contribution in [2.24, 2.45) is 0 Å². The van der Waals surface area contributed by atoms with Crippen LogP contribution in [0.5, 0.6) is 0 Å². The molecule has 3 heterocycles. The molecule has 0 radical (unpaired) electrons. The summed E-state index contributed by atoms with van der Waals surface area (Å²) in [6.45, 7) is 4.77. The molecule has 3 aromatic heterocycles. The van der Waals surface area contributed by atoms with Gasteiger partial charge in [-0.15, -0.1) is 0 Å². The maximum atomic E-state index is 6.52. The molecule has 0 amide bonds. The fraction of sp³-hybridized carbons (Fsp3) is 0.0545. The summed E-state index contributed by atoms with van der Waals surface area (Å²) in [5, 5.41) is 9.93. The molecule has 3 heteroatoms. The number of hydrogen-bond acceptors (Lipinski definition) is 1. The second-order valence-electron chi connectivity index (χ2n) is 16.5. The van der Waals surface area contributed by atoms with Gasteiger partial charge >= 0.3 is 0 Å². The van der Waals surface area contributed by atoms with Gasteiger partial charge in [-0.05, 0) is 123 Å². The molecule has 3 nitrogen and oxygen atoms in total.